The Morgan fingerprint density at radius 2 is 2.17 bits per heavy atom. The lowest BCUT2D eigenvalue weighted by Crippen LogP contribution is -2.56. The summed E-state index contributed by atoms with van der Waals surface area (Å²) in [5.74, 6) is 0.0606. The van der Waals surface area contributed by atoms with Crippen molar-refractivity contribution < 1.29 is 9.59 Å². The van der Waals surface area contributed by atoms with Gasteiger partial charge in [-0.05, 0) is 46.2 Å². The van der Waals surface area contributed by atoms with Gasteiger partial charge in [-0.25, -0.2) is 4.79 Å². The zero-order valence-corrected chi connectivity index (χ0v) is 14.7. The van der Waals surface area contributed by atoms with Gasteiger partial charge in [0.1, 0.15) is 5.54 Å². The molecule has 1 aromatic rings. The van der Waals surface area contributed by atoms with Crippen molar-refractivity contribution in [3.63, 3.8) is 0 Å². The summed E-state index contributed by atoms with van der Waals surface area (Å²) >= 11 is 0. The average molecular weight is 333 g/mol. The van der Waals surface area contributed by atoms with E-state index in [0.717, 1.165) is 39.0 Å². The Balaban J connectivity index is 1.65. The van der Waals surface area contributed by atoms with E-state index in [0.29, 0.717) is 0 Å². The molecule has 0 aliphatic carbocycles. The molecule has 3 amide bonds. The van der Waals surface area contributed by atoms with Crippen LogP contribution in [-0.2, 0) is 11.3 Å². The zero-order chi connectivity index (χ0) is 17.3. The van der Waals surface area contributed by atoms with Crippen LogP contribution in [0.4, 0.5) is 4.79 Å². The summed E-state index contributed by atoms with van der Waals surface area (Å²) < 4.78 is 1.92. The van der Waals surface area contributed by atoms with E-state index in [1.165, 1.54) is 4.90 Å². The molecule has 0 saturated carbocycles. The number of urea groups is 1. The Labute approximate surface area is 143 Å². The molecule has 2 fully saturated rings. The number of hydrogen-bond acceptors (Lipinski definition) is 4. The molecule has 3 rings (SSSR count). The number of carbonyl (C=O) groups is 2. The van der Waals surface area contributed by atoms with E-state index >= 15 is 0 Å². The molecule has 0 aromatic carbocycles. The molecular formula is C17H27N5O2. The molecule has 7 heteroatoms. The van der Waals surface area contributed by atoms with Crippen molar-refractivity contribution in [2.24, 2.45) is 5.92 Å². The van der Waals surface area contributed by atoms with Crippen LogP contribution in [0.15, 0.2) is 18.5 Å². The van der Waals surface area contributed by atoms with Gasteiger partial charge >= 0.3 is 6.03 Å². The third kappa shape index (κ3) is 3.05. The number of aromatic nitrogens is 2. The molecule has 0 bridgehead atoms. The molecule has 1 aromatic heterocycles. The monoisotopic (exact) mass is 333 g/mol. The Morgan fingerprint density at radius 1 is 1.38 bits per heavy atom. The summed E-state index contributed by atoms with van der Waals surface area (Å²) in [6.45, 7) is 9.25. The summed E-state index contributed by atoms with van der Waals surface area (Å²) in [5, 5.41) is 7.20. The van der Waals surface area contributed by atoms with Crippen molar-refractivity contribution in [2.45, 2.75) is 51.7 Å². The van der Waals surface area contributed by atoms with Gasteiger partial charge in [0.2, 0.25) is 0 Å². The zero-order valence-electron chi connectivity index (χ0n) is 14.7. The highest BCUT2D eigenvalue weighted by molar-refractivity contribution is 6.07. The minimum absolute atomic E-state index is 0.0820. The highest BCUT2D eigenvalue weighted by atomic mass is 16.2. The van der Waals surface area contributed by atoms with Crippen molar-refractivity contribution in [1.82, 2.24) is 24.9 Å². The fourth-order valence-electron chi connectivity index (χ4n) is 3.83. The van der Waals surface area contributed by atoms with Gasteiger partial charge < -0.3 is 10.2 Å². The number of piperidine rings is 1. The van der Waals surface area contributed by atoms with E-state index in [1.54, 1.807) is 6.20 Å². The van der Waals surface area contributed by atoms with E-state index in [4.69, 9.17) is 0 Å². The van der Waals surface area contributed by atoms with Crippen molar-refractivity contribution >= 4 is 11.9 Å². The number of rotatable bonds is 5. The number of nitrogens with zero attached hydrogens (tertiary/aromatic N) is 4. The van der Waals surface area contributed by atoms with Crippen molar-refractivity contribution in [1.29, 1.82) is 0 Å². The SMILES string of the molecule is CC(C)N1C(=O)N[C@](C)([C@@H]2CCCN(CCn3cccn3)C2)C1=O. The first-order valence-electron chi connectivity index (χ1n) is 8.77. The quantitative estimate of drug-likeness (QED) is 0.825. The third-order valence-corrected chi connectivity index (χ3v) is 5.29. The molecule has 2 saturated heterocycles. The molecule has 3 heterocycles. The number of likely N-dealkylation sites (tertiary alicyclic amines) is 1. The standard InChI is InChI=1S/C17H27N5O2/c1-13(2)22-15(23)17(3,19-16(22)24)14-6-4-8-20(12-14)10-11-21-9-5-7-18-21/h5,7,9,13-14H,4,6,8,10-12H2,1-3H3,(H,19,24)/t14-,17-/m1/s1. The van der Waals surface area contributed by atoms with E-state index in [1.807, 2.05) is 37.7 Å². The minimum atomic E-state index is -0.786. The van der Waals surface area contributed by atoms with Crippen LogP contribution in [0.25, 0.3) is 0 Å². The van der Waals surface area contributed by atoms with E-state index in [9.17, 15) is 9.59 Å². The molecule has 132 valence electrons. The van der Waals surface area contributed by atoms with Gasteiger partial charge in [-0.3, -0.25) is 14.4 Å². The Morgan fingerprint density at radius 3 is 2.79 bits per heavy atom. The third-order valence-electron chi connectivity index (χ3n) is 5.29. The number of imide groups is 1. The van der Waals surface area contributed by atoms with Crippen LogP contribution in [0.2, 0.25) is 0 Å². The molecule has 2 atom stereocenters. The van der Waals surface area contributed by atoms with Crippen LogP contribution in [0.5, 0.6) is 0 Å². The van der Waals surface area contributed by atoms with E-state index < -0.39 is 5.54 Å². The Kier molecular flexibility index (Phi) is 4.62. The lowest BCUT2D eigenvalue weighted by molar-refractivity contribution is -0.134. The van der Waals surface area contributed by atoms with Crippen LogP contribution in [0.1, 0.15) is 33.6 Å². The maximum atomic E-state index is 12.8. The average Bonchev–Trinajstić information content (AvgIpc) is 3.13. The second-order valence-electron chi connectivity index (χ2n) is 7.31. The van der Waals surface area contributed by atoms with Gasteiger partial charge in [-0.2, -0.15) is 5.10 Å². The number of carbonyl (C=O) groups excluding carboxylic acids is 2. The van der Waals surface area contributed by atoms with Crippen LogP contribution in [0, 0.1) is 5.92 Å². The summed E-state index contributed by atoms with van der Waals surface area (Å²) in [4.78, 5) is 28.8. The number of amides is 3. The number of hydrogen-bond donors (Lipinski definition) is 1. The lowest BCUT2D eigenvalue weighted by Gasteiger charge is -2.40. The fourth-order valence-corrected chi connectivity index (χ4v) is 3.83. The second-order valence-corrected chi connectivity index (χ2v) is 7.31. The molecular weight excluding hydrogens is 306 g/mol. The Bertz CT molecular complexity index is 600. The maximum Gasteiger partial charge on any atom is 0.325 e. The molecule has 24 heavy (non-hydrogen) atoms. The first-order chi connectivity index (χ1) is 11.4. The topological polar surface area (TPSA) is 70.5 Å². The highest BCUT2D eigenvalue weighted by Crippen LogP contribution is 2.33. The first kappa shape index (κ1) is 17.0. The van der Waals surface area contributed by atoms with Gasteiger partial charge in [0.15, 0.2) is 0 Å². The highest BCUT2D eigenvalue weighted by Gasteiger charge is 2.53. The molecule has 2 aliphatic heterocycles. The van der Waals surface area contributed by atoms with Gasteiger partial charge in [0.05, 0.1) is 6.54 Å². The molecule has 2 aliphatic rings. The van der Waals surface area contributed by atoms with Crippen LogP contribution < -0.4 is 5.32 Å². The summed E-state index contributed by atoms with van der Waals surface area (Å²) in [6.07, 6.45) is 5.76. The van der Waals surface area contributed by atoms with E-state index in [-0.39, 0.29) is 23.9 Å². The van der Waals surface area contributed by atoms with Crippen molar-refractivity contribution in [3.8, 4) is 0 Å². The van der Waals surface area contributed by atoms with Crippen LogP contribution in [-0.4, -0.2) is 62.7 Å². The smallest absolute Gasteiger partial charge is 0.323 e. The van der Waals surface area contributed by atoms with Crippen molar-refractivity contribution in [2.75, 3.05) is 19.6 Å². The van der Waals surface area contributed by atoms with Gasteiger partial charge in [0.25, 0.3) is 5.91 Å². The minimum Gasteiger partial charge on any atom is -0.323 e. The van der Waals surface area contributed by atoms with Crippen LogP contribution >= 0.6 is 0 Å². The van der Waals surface area contributed by atoms with Gasteiger partial charge in [-0.1, -0.05) is 0 Å². The molecule has 0 unspecified atom stereocenters. The van der Waals surface area contributed by atoms with Gasteiger partial charge in [0, 0.05) is 37.4 Å². The molecule has 7 nitrogen and oxygen atoms in total. The van der Waals surface area contributed by atoms with Gasteiger partial charge in [-0.15, -0.1) is 0 Å². The van der Waals surface area contributed by atoms with Crippen LogP contribution in [0.3, 0.4) is 0 Å². The predicted octanol–water partition coefficient (Wildman–Crippen LogP) is 1.31. The molecule has 1 N–H and O–H groups in total. The molecule has 0 spiro atoms. The summed E-state index contributed by atoms with van der Waals surface area (Å²) in [7, 11) is 0. The largest absolute Gasteiger partial charge is 0.325 e. The number of nitrogens with one attached hydrogen (secondary N) is 1. The maximum absolute atomic E-state index is 12.8. The Hall–Kier alpha value is -1.89. The fraction of sp³-hybridized carbons (Fsp3) is 0.706. The molecule has 0 radical (unpaired) electrons. The normalized spacial score (nSPS) is 28.7. The van der Waals surface area contributed by atoms with Crippen molar-refractivity contribution in [3.05, 3.63) is 18.5 Å². The second kappa shape index (κ2) is 6.55. The summed E-state index contributed by atoms with van der Waals surface area (Å²) in [5.41, 5.74) is -0.786. The summed E-state index contributed by atoms with van der Waals surface area (Å²) in [6, 6.07) is 1.55. The lowest BCUT2D eigenvalue weighted by atomic mass is 9.80. The van der Waals surface area contributed by atoms with E-state index in [2.05, 4.69) is 15.3 Å². The predicted molar refractivity (Wildman–Crippen MR) is 90.3 cm³/mol. The first-order valence-corrected chi connectivity index (χ1v) is 8.77.